The van der Waals surface area contributed by atoms with Crippen molar-refractivity contribution in [3.8, 4) is 11.5 Å². The van der Waals surface area contributed by atoms with Crippen molar-refractivity contribution >= 4 is 10.8 Å². The number of likely N-dealkylation sites (tertiary alicyclic amines) is 1. The van der Waals surface area contributed by atoms with E-state index in [0.717, 1.165) is 28.8 Å². The molecule has 2 aromatic rings. The van der Waals surface area contributed by atoms with Crippen molar-refractivity contribution in [2.24, 2.45) is 0 Å². The first-order chi connectivity index (χ1) is 9.83. The molecular formula is C17H21NO2. The predicted octanol–water partition coefficient (Wildman–Crippen LogP) is 3.45. The monoisotopic (exact) mass is 271 g/mol. The van der Waals surface area contributed by atoms with Gasteiger partial charge in [0.2, 0.25) is 0 Å². The lowest BCUT2D eigenvalue weighted by Gasteiger charge is -2.19. The zero-order chi connectivity index (χ0) is 13.9. The van der Waals surface area contributed by atoms with E-state index in [4.69, 9.17) is 9.47 Å². The fraction of sp³-hybridized carbons (Fsp3) is 0.412. The van der Waals surface area contributed by atoms with Crippen LogP contribution in [0.1, 0.15) is 18.4 Å². The lowest BCUT2D eigenvalue weighted by Crippen LogP contribution is -2.18. The third-order valence-electron chi connectivity index (χ3n) is 4.05. The summed E-state index contributed by atoms with van der Waals surface area (Å²) in [5.41, 5.74) is 1.21. The number of hydrogen-bond acceptors (Lipinski definition) is 3. The van der Waals surface area contributed by atoms with Gasteiger partial charge in [-0.05, 0) is 32.0 Å². The first kappa shape index (κ1) is 13.3. The molecule has 0 spiro atoms. The van der Waals surface area contributed by atoms with Crippen LogP contribution in [-0.4, -0.2) is 32.2 Å². The maximum absolute atomic E-state index is 5.69. The zero-order valence-corrected chi connectivity index (χ0v) is 12.2. The Bertz CT molecular complexity index is 603. The molecule has 1 aliphatic heterocycles. The third kappa shape index (κ3) is 2.34. The molecule has 3 nitrogen and oxygen atoms in total. The van der Waals surface area contributed by atoms with Crippen molar-refractivity contribution < 1.29 is 9.47 Å². The van der Waals surface area contributed by atoms with Crippen molar-refractivity contribution in [3.63, 3.8) is 0 Å². The molecule has 0 aromatic heterocycles. The minimum atomic E-state index is 0.926. The molecule has 0 unspecified atom stereocenters. The minimum absolute atomic E-state index is 0.926. The SMILES string of the molecule is COc1cc(CN2CCCC2)c(OC)c2ccccc12. The van der Waals surface area contributed by atoms with E-state index in [1.165, 1.54) is 31.5 Å². The van der Waals surface area contributed by atoms with E-state index in [2.05, 4.69) is 23.1 Å². The van der Waals surface area contributed by atoms with Gasteiger partial charge >= 0.3 is 0 Å². The summed E-state index contributed by atoms with van der Waals surface area (Å²) < 4.78 is 11.2. The van der Waals surface area contributed by atoms with Gasteiger partial charge in [-0.25, -0.2) is 0 Å². The summed E-state index contributed by atoms with van der Waals surface area (Å²) in [6.45, 7) is 3.29. The highest BCUT2D eigenvalue weighted by Crippen LogP contribution is 2.37. The van der Waals surface area contributed by atoms with Gasteiger partial charge < -0.3 is 9.47 Å². The van der Waals surface area contributed by atoms with E-state index in [1.807, 2.05) is 12.1 Å². The second-order valence-corrected chi connectivity index (χ2v) is 5.30. The molecular weight excluding hydrogens is 250 g/mol. The molecule has 0 N–H and O–H groups in total. The molecule has 1 saturated heterocycles. The topological polar surface area (TPSA) is 21.7 Å². The minimum Gasteiger partial charge on any atom is -0.496 e. The summed E-state index contributed by atoms with van der Waals surface area (Å²) in [7, 11) is 3.48. The fourth-order valence-electron chi connectivity index (χ4n) is 3.08. The molecule has 1 fully saturated rings. The van der Waals surface area contributed by atoms with Crippen LogP contribution in [0.2, 0.25) is 0 Å². The maximum atomic E-state index is 5.69. The molecule has 20 heavy (non-hydrogen) atoms. The van der Waals surface area contributed by atoms with E-state index < -0.39 is 0 Å². The molecule has 0 saturated carbocycles. The Morgan fingerprint density at radius 3 is 2.35 bits per heavy atom. The second kappa shape index (κ2) is 5.71. The van der Waals surface area contributed by atoms with Gasteiger partial charge in [0.15, 0.2) is 0 Å². The normalized spacial score (nSPS) is 15.7. The molecule has 0 atom stereocenters. The highest BCUT2D eigenvalue weighted by Gasteiger charge is 2.17. The molecule has 1 aliphatic rings. The van der Waals surface area contributed by atoms with Gasteiger partial charge in [0.25, 0.3) is 0 Å². The molecule has 106 valence electrons. The smallest absolute Gasteiger partial charge is 0.131 e. The van der Waals surface area contributed by atoms with Crippen LogP contribution in [0, 0.1) is 0 Å². The van der Waals surface area contributed by atoms with Crippen molar-refractivity contribution in [2.75, 3.05) is 27.3 Å². The third-order valence-corrected chi connectivity index (χ3v) is 4.05. The molecule has 3 heteroatoms. The Labute approximate surface area is 120 Å². The molecule has 0 radical (unpaired) electrons. The number of rotatable bonds is 4. The van der Waals surface area contributed by atoms with Crippen LogP contribution >= 0.6 is 0 Å². The summed E-state index contributed by atoms with van der Waals surface area (Å²) in [6.07, 6.45) is 2.60. The van der Waals surface area contributed by atoms with Crippen LogP contribution in [0.5, 0.6) is 11.5 Å². The second-order valence-electron chi connectivity index (χ2n) is 5.30. The Hall–Kier alpha value is -1.74. The summed E-state index contributed by atoms with van der Waals surface area (Å²) in [5.74, 6) is 1.91. The van der Waals surface area contributed by atoms with Crippen LogP contribution in [0.15, 0.2) is 30.3 Å². The van der Waals surface area contributed by atoms with Crippen molar-refractivity contribution in [2.45, 2.75) is 19.4 Å². The maximum Gasteiger partial charge on any atom is 0.131 e. The number of hydrogen-bond donors (Lipinski definition) is 0. The van der Waals surface area contributed by atoms with E-state index in [0.29, 0.717) is 0 Å². The van der Waals surface area contributed by atoms with Crippen LogP contribution in [0.25, 0.3) is 10.8 Å². The van der Waals surface area contributed by atoms with Crippen LogP contribution < -0.4 is 9.47 Å². The Balaban J connectivity index is 2.09. The molecule has 2 aromatic carbocycles. The van der Waals surface area contributed by atoms with Crippen molar-refractivity contribution in [1.29, 1.82) is 0 Å². The molecule has 1 heterocycles. The number of nitrogens with zero attached hydrogens (tertiary/aromatic N) is 1. The first-order valence-electron chi connectivity index (χ1n) is 7.18. The zero-order valence-electron chi connectivity index (χ0n) is 12.2. The van der Waals surface area contributed by atoms with Gasteiger partial charge in [-0.15, -0.1) is 0 Å². The average molecular weight is 271 g/mol. The number of methoxy groups -OCH3 is 2. The van der Waals surface area contributed by atoms with Crippen LogP contribution in [-0.2, 0) is 6.54 Å². The molecule has 3 rings (SSSR count). The van der Waals surface area contributed by atoms with E-state index in [9.17, 15) is 0 Å². The average Bonchev–Trinajstić information content (AvgIpc) is 2.99. The predicted molar refractivity (Wildman–Crippen MR) is 81.6 cm³/mol. The van der Waals surface area contributed by atoms with Gasteiger partial charge in [0.05, 0.1) is 14.2 Å². The Kier molecular flexibility index (Phi) is 3.79. The first-order valence-corrected chi connectivity index (χ1v) is 7.18. The van der Waals surface area contributed by atoms with Gasteiger partial charge in [-0.1, -0.05) is 24.3 Å². The van der Waals surface area contributed by atoms with Crippen LogP contribution in [0.3, 0.4) is 0 Å². The number of benzene rings is 2. The largest absolute Gasteiger partial charge is 0.496 e. The Morgan fingerprint density at radius 1 is 1.00 bits per heavy atom. The number of fused-ring (bicyclic) bond motifs is 1. The highest BCUT2D eigenvalue weighted by atomic mass is 16.5. The van der Waals surface area contributed by atoms with Crippen molar-refractivity contribution in [3.05, 3.63) is 35.9 Å². The standard InChI is InChI=1S/C17H21NO2/c1-19-16-11-13(12-18-9-5-6-10-18)17(20-2)15-8-4-3-7-14(15)16/h3-4,7-8,11H,5-6,9-10,12H2,1-2H3. The summed E-state index contributed by atoms with van der Waals surface area (Å²) in [4.78, 5) is 2.48. The summed E-state index contributed by atoms with van der Waals surface area (Å²) in [5, 5.41) is 2.24. The van der Waals surface area contributed by atoms with Gasteiger partial charge in [-0.2, -0.15) is 0 Å². The summed E-state index contributed by atoms with van der Waals surface area (Å²) >= 11 is 0. The highest BCUT2D eigenvalue weighted by molar-refractivity contribution is 5.94. The summed E-state index contributed by atoms with van der Waals surface area (Å²) in [6, 6.07) is 10.4. The van der Waals surface area contributed by atoms with E-state index in [1.54, 1.807) is 14.2 Å². The lowest BCUT2D eigenvalue weighted by molar-refractivity contribution is 0.320. The van der Waals surface area contributed by atoms with Crippen LogP contribution in [0.4, 0.5) is 0 Å². The van der Waals surface area contributed by atoms with E-state index in [-0.39, 0.29) is 0 Å². The Morgan fingerprint density at radius 2 is 1.70 bits per heavy atom. The molecule has 0 aliphatic carbocycles. The van der Waals surface area contributed by atoms with Gasteiger partial charge in [0, 0.05) is 22.9 Å². The lowest BCUT2D eigenvalue weighted by atomic mass is 10.0. The quantitative estimate of drug-likeness (QED) is 0.850. The fourth-order valence-corrected chi connectivity index (χ4v) is 3.08. The van der Waals surface area contributed by atoms with E-state index >= 15 is 0 Å². The number of ether oxygens (including phenoxy) is 2. The van der Waals surface area contributed by atoms with Gasteiger partial charge in [-0.3, -0.25) is 4.90 Å². The molecule has 0 amide bonds. The van der Waals surface area contributed by atoms with Crippen molar-refractivity contribution in [1.82, 2.24) is 4.90 Å². The van der Waals surface area contributed by atoms with Gasteiger partial charge in [0.1, 0.15) is 11.5 Å². The molecule has 0 bridgehead atoms.